The van der Waals surface area contributed by atoms with Gasteiger partial charge in [0.25, 0.3) is 0 Å². The van der Waals surface area contributed by atoms with E-state index in [0.717, 1.165) is 40.9 Å². The van der Waals surface area contributed by atoms with Crippen LogP contribution < -0.4 is 10.6 Å². The Labute approximate surface area is 189 Å². The molecule has 6 heteroatoms. The number of benzene rings is 3. The van der Waals surface area contributed by atoms with Gasteiger partial charge < -0.3 is 10.6 Å². The number of aliphatic imine (C=N–C) groups is 1. The monoisotopic (exact) mass is 442 g/mol. The van der Waals surface area contributed by atoms with Gasteiger partial charge in [-0.1, -0.05) is 77.7 Å². The lowest BCUT2D eigenvalue weighted by molar-refractivity contribution is 0.750. The normalized spacial score (nSPS) is 19.2. The molecule has 1 aliphatic carbocycles. The maximum atomic E-state index is 5.02. The number of amidine groups is 1. The summed E-state index contributed by atoms with van der Waals surface area (Å²) in [7, 11) is 0. The largest absolute Gasteiger partial charge is 0.361 e. The van der Waals surface area contributed by atoms with Crippen molar-refractivity contribution in [2.45, 2.75) is 24.1 Å². The highest BCUT2D eigenvalue weighted by Gasteiger charge is 2.38. The van der Waals surface area contributed by atoms with Gasteiger partial charge in [-0.3, -0.25) is 4.99 Å². The van der Waals surface area contributed by atoms with Crippen molar-refractivity contribution in [3.8, 4) is 0 Å². The van der Waals surface area contributed by atoms with Crippen LogP contribution in [0.25, 0.3) is 10.2 Å². The number of nitrogens with zero attached hydrogens (tertiary/aromatic N) is 2. The van der Waals surface area contributed by atoms with Crippen LogP contribution in [0, 0.1) is 0 Å². The molecule has 4 aromatic rings. The zero-order valence-electron chi connectivity index (χ0n) is 16.9. The molecule has 2 heterocycles. The van der Waals surface area contributed by atoms with Crippen LogP contribution in [0.15, 0.2) is 77.8 Å². The van der Waals surface area contributed by atoms with E-state index in [-0.39, 0.29) is 6.04 Å². The molecule has 31 heavy (non-hydrogen) atoms. The molecule has 0 radical (unpaired) electrons. The highest BCUT2D eigenvalue weighted by atomic mass is 32.2. The fourth-order valence-corrected chi connectivity index (χ4v) is 6.51. The van der Waals surface area contributed by atoms with Gasteiger partial charge >= 0.3 is 0 Å². The minimum atomic E-state index is 0.288. The van der Waals surface area contributed by atoms with E-state index in [2.05, 4.69) is 82.3 Å². The molecule has 0 saturated carbocycles. The maximum absolute atomic E-state index is 5.02. The molecule has 4 nitrogen and oxygen atoms in total. The molecule has 1 aliphatic heterocycles. The van der Waals surface area contributed by atoms with Gasteiger partial charge in [0.1, 0.15) is 0 Å². The van der Waals surface area contributed by atoms with Crippen molar-refractivity contribution in [3.05, 3.63) is 89.5 Å². The average molecular weight is 443 g/mol. The summed E-state index contributed by atoms with van der Waals surface area (Å²) in [6, 6.07) is 25.8. The van der Waals surface area contributed by atoms with Crippen LogP contribution in [0.5, 0.6) is 0 Å². The molecule has 0 amide bonds. The van der Waals surface area contributed by atoms with Crippen molar-refractivity contribution in [3.63, 3.8) is 0 Å². The Bertz CT molecular complexity index is 1250. The Morgan fingerprint density at radius 1 is 0.935 bits per heavy atom. The first kappa shape index (κ1) is 18.9. The fraction of sp³-hybridized carbons (Fsp3) is 0.200. The summed E-state index contributed by atoms with van der Waals surface area (Å²) in [6.07, 6.45) is 2.03. The summed E-state index contributed by atoms with van der Waals surface area (Å²) in [4.78, 5) is 9.69. The predicted molar refractivity (Wildman–Crippen MR) is 134 cm³/mol. The highest BCUT2D eigenvalue weighted by Crippen LogP contribution is 2.46. The van der Waals surface area contributed by atoms with E-state index in [1.165, 1.54) is 21.4 Å². The standard InChI is InChI=1S/C25H22N4S2/c1-3-9-18-17(8-1)15-22-23(18)29-25(31-22)27-19-10-4-2-7-16(19)13-14-26-24-28-20-11-5-6-12-21(20)30-24/h1-12,22-23H,13-15H2,(H,26,28)(H,27,29)/t22?,23-/m0/s1. The number of thiazole rings is 1. The quantitative estimate of drug-likeness (QED) is 0.390. The summed E-state index contributed by atoms with van der Waals surface area (Å²) in [5.41, 5.74) is 6.34. The van der Waals surface area contributed by atoms with Crippen molar-refractivity contribution in [2.24, 2.45) is 4.99 Å². The third kappa shape index (κ3) is 3.70. The van der Waals surface area contributed by atoms with Gasteiger partial charge in [-0.05, 0) is 47.7 Å². The third-order valence-electron chi connectivity index (χ3n) is 5.89. The molecule has 154 valence electrons. The lowest BCUT2D eigenvalue weighted by atomic mass is 10.1. The highest BCUT2D eigenvalue weighted by molar-refractivity contribution is 8.15. The van der Waals surface area contributed by atoms with Crippen molar-refractivity contribution in [1.82, 2.24) is 4.98 Å². The molecule has 2 aliphatic rings. The first-order valence-corrected chi connectivity index (χ1v) is 12.3. The predicted octanol–water partition coefficient (Wildman–Crippen LogP) is 6.13. The fourth-order valence-electron chi connectivity index (χ4n) is 4.39. The van der Waals surface area contributed by atoms with Crippen LogP contribution in [0.1, 0.15) is 22.7 Å². The van der Waals surface area contributed by atoms with E-state index >= 15 is 0 Å². The van der Waals surface area contributed by atoms with Crippen molar-refractivity contribution >= 4 is 49.3 Å². The van der Waals surface area contributed by atoms with E-state index in [4.69, 9.17) is 4.99 Å². The third-order valence-corrected chi connectivity index (χ3v) is 8.04. The zero-order valence-corrected chi connectivity index (χ0v) is 18.5. The molecule has 3 aromatic carbocycles. The molecule has 0 spiro atoms. The summed E-state index contributed by atoms with van der Waals surface area (Å²) in [6.45, 7) is 0.844. The smallest absolute Gasteiger partial charge is 0.183 e. The number of fused-ring (bicyclic) bond motifs is 4. The second kappa shape index (κ2) is 8.02. The number of hydrogen-bond donors (Lipinski definition) is 2. The number of rotatable bonds is 5. The molecule has 0 bridgehead atoms. The van der Waals surface area contributed by atoms with Crippen LogP contribution in [0.3, 0.4) is 0 Å². The van der Waals surface area contributed by atoms with Gasteiger partial charge in [-0.15, -0.1) is 0 Å². The minimum absolute atomic E-state index is 0.288. The van der Waals surface area contributed by atoms with E-state index < -0.39 is 0 Å². The Morgan fingerprint density at radius 3 is 2.74 bits per heavy atom. The van der Waals surface area contributed by atoms with Crippen LogP contribution >= 0.6 is 23.1 Å². The van der Waals surface area contributed by atoms with Crippen molar-refractivity contribution in [2.75, 3.05) is 17.2 Å². The number of hydrogen-bond acceptors (Lipinski definition) is 6. The van der Waals surface area contributed by atoms with Crippen LogP contribution in [-0.4, -0.2) is 21.9 Å². The molecule has 2 atom stereocenters. The summed E-state index contributed by atoms with van der Waals surface area (Å²) in [5.74, 6) is 0. The molecule has 6 rings (SSSR count). The lowest BCUT2D eigenvalue weighted by Crippen LogP contribution is -2.11. The Kier molecular flexibility index (Phi) is 4.89. The number of anilines is 2. The number of para-hydroxylation sites is 2. The molecule has 0 fully saturated rings. The van der Waals surface area contributed by atoms with Crippen LogP contribution in [0.4, 0.5) is 10.8 Å². The molecule has 1 unspecified atom stereocenters. The Morgan fingerprint density at radius 2 is 1.77 bits per heavy atom. The first-order chi connectivity index (χ1) is 15.3. The number of thioether (sulfide) groups is 1. The summed E-state index contributed by atoms with van der Waals surface area (Å²) < 4.78 is 1.22. The maximum Gasteiger partial charge on any atom is 0.183 e. The van der Waals surface area contributed by atoms with E-state index in [1.54, 1.807) is 11.3 Å². The van der Waals surface area contributed by atoms with Gasteiger partial charge in [0.15, 0.2) is 10.3 Å². The zero-order chi connectivity index (χ0) is 20.6. The number of aromatic nitrogens is 1. The molecule has 1 aromatic heterocycles. The summed E-state index contributed by atoms with van der Waals surface area (Å²) in [5, 5.41) is 9.64. The van der Waals surface area contributed by atoms with Gasteiger partial charge in [0.05, 0.1) is 16.3 Å². The van der Waals surface area contributed by atoms with Gasteiger partial charge in [0.2, 0.25) is 0 Å². The van der Waals surface area contributed by atoms with Crippen molar-refractivity contribution < 1.29 is 0 Å². The van der Waals surface area contributed by atoms with E-state index in [1.807, 2.05) is 17.8 Å². The first-order valence-electron chi connectivity index (χ1n) is 10.6. The van der Waals surface area contributed by atoms with Crippen molar-refractivity contribution in [1.29, 1.82) is 0 Å². The Hall–Kier alpha value is -2.83. The van der Waals surface area contributed by atoms with E-state index in [9.17, 15) is 0 Å². The molecule has 2 N–H and O–H groups in total. The second-order valence-electron chi connectivity index (χ2n) is 7.88. The van der Waals surface area contributed by atoms with E-state index in [0.29, 0.717) is 5.25 Å². The number of nitrogens with one attached hydrogen (secondary N) is 2. The van der Waals surface area contributed by atoms with Gasteiger partial charge in [0, 0.05) is 17.5 Å². The molecular formula is C25H22N4S2. The van der Waals surface area contributed by atoms with Gasteiger partial charge in [-0.2, -0.15) is 0 Å². The average Bonchev–Trinajstić information content (AvgIpc) is 3.47. The minimum Gasteiger partial charge on any atom is -0.361 e. The molecular weight excluding hydrogens is 420 g/mol. The topological polar surface area (TPSA) is 49.3 Å². The second-order valence-corrected chi connectivity index (χ2v) is 10.1. The van der Waals surface area contributed by atoms with Gasteiger partial charge in [-0.25, -0.2) is 4.98 Å². The Balaban J connectivity index is 1.13. The van der Waals surface area contributed by atoms with Crippen LogP contribution in [0.2, 0.25) is 0 Å². The molecule has 0 saturated heterocycles. The lowest BCUT2D eigenvalue weighted by Gasteiger charge is -2.12. The van der Waals surface area contributed by atoms with Crippen LogP contribution in [-0.2, 0) is 12.8 Å². The SMILES string of the molecule is c1ccc(NC2=N[C@H]3c4ccccc4CC3S2)c(CCNc2nc3ccccc3s2)c1. The summed E-state index contributed by atoms with van der Waals surface area (Å²) >= 11 is 3.59.